The van der Waals surface area contributed by atoms with Crippen molar-refractivity contribution in [3.05, 3.63) is 59.0 Å². The van der Waals surface area contributed by atoms with E-state index in [1.54, 1.807) is 24.3 Å². The molecule has 1 saturated heterocycles. The Labute approximate surface area is 156 Å². The maximum absolute atomic E-state index is 13.1. The molecule has 0 aliphatic carbocycles. The first-order valence-corrected chi connectivity index (χ1v) is 8.73. The van der Waals surface area contributed by atoms with E-state index in [0.29, 0.717) is 17.4 Å². The van der Waals surface area contributed by atoms with E-state index in [2.05, 4.69) is 21.2 Å². The van der Waals surface area contributed by atoms with E-state index in [1.165, 1.54) is 18.3 Å². The maximum atomic E-state index is 13.1. The van der Waals surface area contributed by atoms with Gasteiger partial charge >= 0.3 is 0 Å². The molecule has 3 rings (SSSR count). The molecule has 0 saturated carbocycles. The number of anilines is 1. The Bertz CT molecular complexity index is 740. The number of carbonyl (C=O) groups excluding carboxylic acids is 1. The third-order valence-electron chi connectivity index (χ3n) is 4.28. The molecule has 1 aliphatic heterocycles. The molecule has 1 aromatic carbocycles. The molecule has 0 bridgehead atoms. The molecule has 2 atom stereocenters. The largest absolute Gasteiger partial charge is 0.310 e. The van der Waals surface area contributed by atoms with E-state index in [9.17, 15) is 9.18 Å². The Morgan fingerprint density at radius 2 is 2.12 bits per heavy atom. The van der Waals surface area contributed by atoms with Crippen LogP contribution >= 0.6 is 11.6 Å². The van der Waals surface area contributed by atoms with Crippen LogP contribution in [0, 0.1) is 11.7 Å². The monoisotopic (exact) mass is 377 g/mol. The van der Waals surface area contributed by atoms with Gasteiger partial charge in [-0.25, -0.2) is 14.8 Å². The van der Waals surface area contributed by atoms with Gasteiger partial charge in [-0.2, -0.15) is 0 Å². The summed E-state index contributed by atoms with van der Waals surface area (Å²) in [6.45, 7) is 1.73. The third kappa shape index (κ3) is 4.98. The van der Waals surface area contributed by atoms with Gasteiger partial charge in [0.25, 0.3) is 0 Å². The molecule has 0 spiro atoms. The van der Waals surface area contributed by atoms with Crippen LogP contribution in [0.25, 0.3) is 0 Å². The van der Waals surface area contributed by atoms with E-state index in [4.69, 9.17) is 11.6 Å². The summed E-state index contributed by atoms with van der Waals surface area (Å²) in [5, 5.41) is 3.27. The molecule has 8 heteroatoms. The fourth-order valence-electron chi connectivity index (χ4n) is 3.07. The van der Waals surface area contributed by atoms with Crippen molar-refractivity contribution < 1.29 is 9.18 Å². The summed E-state index contributed by atoms with van der Waals surface area (Å²) < 4.78 is 13.1. The van der Waals surface area contributed by atoms with Crippen molar-refractivity contribution in [3.8, 4) is 0 Å². The Morgan fingerprint density at radius 3 is 2.81 bits per heavy atom. The minimum Gasteiger partial charge on any atom is -0.310 e. The summed E-state index contributed by atoms with van der Waals surface area (Å²) >= 11 is 5.78. The number of carbonyl (C=O) groups is 1. The lowest BCUT2D eigenvalue weighted by Gasteiger charge is -2.24. The zero-order chi connectivity index (χ0) is 18.5. The second-order valence-corrected chi connectivity index (χ2v) is 6.86. The molecule has 1 amide bonds. The highest BCUT2D eigenvalue weighted by atomic mass is 35.5. The van der Waals surface area contributed by atoms with Crippen LogP contribution in [0.3, 0.4) is 0 Å². The maximum Gasteiger partial charge on any atom is 0.239 e. The van der Waals surface area contributed by atoms with Crippen molar-refractivity contribution in [3.63, 3.8) is 0 Å². The highest BCUT2D eigenvalue weighted by Gasteiger charge is 2.29. The lowest BCUT2D eigenvalue weighted by molar-refractivity contribution is -0.117. The van der Waals surface area contributed by atoms with Crippen LogP contribution < -0.4 is 16.2 Å². The van der Waals surface area contributed by atoms with Gasteiger partial charge in [-0.3, -0.25) is 15.1 Å². The van der Waals surface area contributed by atoms with E-state index in [-0.39, 0.29) is 30.2 Å². The smallest absolute Gasteiger partial charge is 0.239 e. The summed E-state index contributed by atoms with van der Waals surface area (Å²) in [7, 11) is 1.90. The molecule has 138 valence electrons. The van der Waals surface area contributed by atoms with E-state index < -0.39 is 0 Å². The molecule has 1 fully saturated rings. The third-order valence-corrected chi connectivity index (χ3v) is 4.50. The number of aromatic nitrogens is 1. The quantitative estimate of drug-likeness (QED) is 0.720. The Kier molecular flexibility index (Phi) is 6.16. The summed E-state index contributed by atoms with van der Waals surface area (Å²) in [6.07, 6.45) is 1.49. The van der Waals surface area contributed by atoms with Gasteiger partial charge < -0.3 is 5.32 Å². The van der Waals surface area contributed by atoms with Gasteiger partial charge in [0, 0.05) is 25.2 Å². The number of halogens is 2. The predicted molar refractivity (Wildman–Crippen MR) is 99.1 cm³/mol. The van der Waals surface area contributed by atoms with Crippen LogP contribution in [0.4, 0.5) is 10.2 Å². The Balaban J connectivity index is 1.53. The van der Waals surface area contributed by atoms with Gasteiger partial charge in [0.15, 0.2) is 0 Å². The number of hydrogen-bond donors (Lipinski definition) is 3. The van der Waals surface area contributed by atoms with Crippen LogP contribution in [0.2, 0.25) is 5.02 Å². The number of likely N-dealkylation sites (N-methyl/N-ethyl adjacent to an activating group) is 1. The second kappa shape index (κ2) is 8.55. The molecule has 2 unspecified atom stereocenters. The average molecular weight is 378 g/mol. The summed E-state index contributed by atoms with van der Waals surface area (Å²) in [5.41, 5.74) is 7.39. The number of benzene rings is 1. The second-order valence-electron chi connectivity index (χ2n) is 6.42. The number of nitrogens with zero attached hydrogens (tertiary/aromatic N) is 2. The van der Waals surface area contributed by atoms with Gasteiger partial charge in [0.1, 0.15) is 11.6 Å². The normalized spacial score (nSPS) is 19.7. The van der Waals surface area contributed by atoms with Crippen LogP contribution in [0.15, 0.2) is 42.6 Å². The topological polar surface area (TPSA) is 69.3 Å². The fourth-order valence-corrected chi connectivity index (χ4v) is 3.19. The lowest BCUT2D eigenvalue weighted by atomic mass is 9.94. The fraction of sp³-hybridized carbons (Fsp3) is 0.333. The molecule has 0 radical (unpaired) electrons. The van der Waals surface area contributed by atoms with Gasteiger partial charge in [-0.05, 0) is 36.9 Å². The van der Waals surface area contributed by atoms with Crippen molar-refractivity contribution in [1.82, 2.24) is 20.7 Å². The molecular weight excluding hydrogens is 357 g/mol. The minimum absolute atomic E-state index is 0.0686. The molecule has 1 aliphatic rings. The first-order chi connectivity index (χ1) is 12.5. The first-order valence-electron chi connectivity index (χ1n) is 8.35. The Morgan fingerprint density at radius 1 is 1.35 bits per heavy atom. The number of nitrogens with one attached hydrogen (secondary N) is 3. The van der Waals surface area contributed by atoms with Crippen LogP contribution in [0.5, 0.6) is 0 Å². The van der Waals surface area contributed by atoms with Crippen molar-refractivity contribution >= 4 is 23.3 Å². The standard InChI is InChI=1S/C18H21ClFN5O/c1-25(11-17(26)23-16-7-4-14(19)9-21-16)10-13-8-22-24-18(13)12-2-5-15(20)6-3-12/h2-7,9,13,18,22,24H,8,10-11H2,1H3,(H,21,23,26). The van der Waals surface area contributed by atoms with Crippen LogP contribution in [0.1, 0.15) is 11.6 Å². The zero-order valence-corrected chi connectivity index (χ0v) is 15.1. The van der Waals surface area contributed by atoms with Crippen molar-refractivity contribution in [1.29, 1.82) is 0 Å². The predicted octanol–water partition coefficient (Wildman–Crippen LogP) is 2.21. The molecule has 6 nitrogen and oxygen atoms in total. The number of amides is 1. The summed E-state index contributed by atoms with van der Waals surface area (Å²) in [5.74, 6) is 0.341. The number of pyridine rings is 1. The summed E-state index contributed by atoms with van der Waals surface area (Å²) in [4.78, 5) is 18.2. The lowest BCUT2D eigenvalue weighted by Crippen LogP contribution is -2.36. The number of hydrazine groups is 1. The van der Waals surface area contributed by atoms with Gasteiger partial charge in [0.05, 0.1) is 17.6 Å². The number of rotatable bonds is 6. The van der Waals surface area contributed by atoms with E-state index in [1.807, 2.05) is 11.9 Å². The van der Waals surface area contributed by atoms with Crippen LogP contribution in [-0.4, -0.2) is 42.5 Å². The molecular formula is C18H21ClFN5O. The average Bonchev–Trinajstić information content (AvgIpc) is 3.05. The molecule has 2 aromatic rings. The van der Waals surface area contributed by atoms with Gasteiger partial charge in [-0.1, -0.05) is 23.7 Å². The van der Waals surface area contributed by atoms with Crippen molar-refractivity contribution in [2.24, 2.45) is 5.92 Å². The van der Waals surface area contributed by atoms with E-state index >= 15 is 0 Å². The minimum atomic E-state index is -0.249. The van der Waals surface area contributed by atoms with Crippen molar-refractivity contribution in [2.75, 3.05) is 32.0 Å². The summed E-state index contributed by atoms with van der Waals surface area (Å²) in [6, 6.07) is 9.90. The van der Waals surface area contributed by atoms with Gasteiger partial charge in [0.2, 0.25) is 5.91 Å². The molecule has 3 N–H and O–H groups in total. The highest BCUT2D eigenvalue weighted by molar-refractivity contribution is 6.30. The molecule has 26 heavy (non-hydrogen) atoms. The SMILES string of the molecule is CN(CC(=O)Nc1ccc(Cl)cn1)CC1CNNC1c1ccc(F)cc1. The number of hydrogen-bond acceptors (Lipinski definition) is 5. The molecule has 1 aromatic heterocycles. The zero-order valence-electron chi connectivity index (χ0n) is 14.4. The van der Waals surface area contributed by atoms with Crippen molar-refractivity contribution in [2.45, 2.75) is 6.04 Å². The Hall–Kier alpha value is -2.06. The highest BCUT2D eigenvalue weighted by Crippen LogP contribution is 2.25. The van der Waals surface area contributed by atoms with Gasteiger partial charge in [-0.15, -0.1) is 0 Å². The van der Waals surface area contributed by atoms with E-state index in [0.717, 1.165) is 12.1 Å². The first kappa shape index (κ1) is 18.7. The van der Waals surface area contributed by atoms with Crippen LogP contribution in [-0.2, 0) is 4.79 Å². The molecule has 2 heterocycles.